The van der Waals surface area contributed by atoms with Crippen molar-refractivity contribution in [1.82, 2.24) is 4.90 Å². The van der Waals surface area contributed by atoms with E-state index in [9.17, 15) is 17.6 Å². The molecule has 2 N–H and O–H groups in total. The van der Waals surface area contributed by atoms with Crippen LogP contribution in [0.2, 0.25) is 0 Å². The maximum Gasteiger partial charge on any atom is 0.257 e. The first-order chi connectivity index (χ1) is 11.1. The molecule has 0 fully saturated rings. The molecule has 5 nitrogen and oxygen atoms in total. The van der Waals surface area contributed by atoms with Gasteiger partial charge in [-0.25, -0.2) is 17.9 Å². The van der Waals surface area contributed by atoms with Crippen LogP contribution in [0.25, 0.3) is 0 Å². The first-order valence-corrected chi connectivity index (χ1v) is 9.30. The number of primary sulfonamides is 1. The molecule has 0 radical (unpaired) electrons. The molecule has 2 rings (SSSR count). The number of carbonyl (C=O) groups excluding carboxylic acids is 1. The molecule has 0 aromatic heterocycles. The lowest BCUT2D eigenvalue weighted by molar-refractivity contribution is 0.0738. The average Bonchev–Trinajstić information content (AvgIpc) is 2.52. The van der Waals surface area contributed by atoms with Crippen LogP contribution in [0.1, 0.15) is 28.9 Å². The second-order valence-electron chi connectivity index (χ2n) is 5.33. The molecule has 0 aliphatic carbocycles. The molecule has 0 bridgehead atoms. The number of hydrogen-bond donors (Lipinski definition) is 1. The van der Waals surface area contributed by atoms with Crippen LogP contribution in [-0.2, 0) is 10.0 Å². The van der Waals surface area contributed by atoms with Gasteiger partial charge in [0, 0.05) is 11.5 Å². The summed E-state index contributed by atoms with van der Waals surface area (Å²) in [5.74, 6) is -1.14. The van der Waals surface area contributed by atoms with Crippen molar-refractivity contribution in [3.63, 3.8) is 0 Å². The molecule has 1 amide bonds. The van der Waals surface area contributed by atoms with Gasteiger partial charge in [-0.1, -0.05) is 28.1 Å². The maximum absolute atomic E-state index is 14.0. The Morgan fingerprint density at radius 3 is 2.50 bits per heavy atom. The molecule has 0 saturated carbocycles. The lowest BCUT2D eigenvalue weighted by atomic mass is 10.1. The van der Waals surface area contributed by atoms with E-state index < -0.39 is 27.8 Å². The summed E-state index contributed by atoms with van der Waals surface area (Å²) in [4.78, 5) is 13.8. The highest BCUT2D eigenvalue weighted by Crippen LogP contribution is 2.24. The number of nitrogens with two attached hydrogens (primary N) is 1. The standard InChI is InChI=1S/C16H16BrFN2O3S/c1-10(11-4-3-5-13(8-11)24(19,22)23)20(2)16(21)14-7-6-12(17)9-15(14)18/h3-10H,1-2H3,(H2,19,22,23). The van der Waals surface area contributed by atoms with E-state index in [2.05, 4.69) is 15.9 Å². The first kappa shape index (κ1) is 18.6. The number of halogens is 2. The highest BCUT2D eigenvalue weighted by Gasteiger charge is 2.22. The van der Waals surface area contributed by atoms with E-state index in [1.54, 1.807) is 25.1 Å². The second kappa shape index (κ2) is 7.00. The van der Waals surface area contributed by atoms with Gasteiger partial charge >= 0.3 is 0 Å². The molecule has 24 heavy (non-hydrogen) atoms. The Hall–Kier alpha value is -1.77. The Labute approximate surface area is 148 Å². The van der Waals surface area contributed by atoms with Crippen molar-refractivity contribution >= 4 is 31.9 Å². The Balaban J connectivity index is 2.32. The third-order valence-electron chi connectivity index (χ3n) is 3.73. The zero-order valence-corrected chi connectivity index (χ0v) is 15.4. The van der Waals surface area contributed by atoms with Crippen LogP contribution in [0.3, 0.4) is 0 Å². The number of amides is 1. The molecule has 2 aromatic rings. The van der Waals surface area contributed by atoms with Crippen molar-refractivity contribution in [1.29, 1.82) is 0 Å². The highest BCUT2D eigenvalue weighted by molar-refractivity contribution is 9.10. The zero-order chi connectivity index (χ0) is 18.1. The van der Waals surface area contributed by atoms with E-state index >= 15 is 0 Å². The maximum atomic E-state index is 14.0. The second-order valence-corrected chi connectivity index (χ2v) is 7.81. The predicted octanol–water partition coefficient (Wildman–Crippen LogP) is 3.07. The summed E-state index contributed by atoms with van der Waals surface area (Å²) in [7, 11) is -2.31. The van der Waals surface area contributed by atoms with E-state index in [-0.39, 0.29) is 10.5 Å². The van der Waals surface area contributed by atoms with Gasteiger partial charge in [-0.2, -0.15) is 0 Å². The van der Waals surface area contributed by atoms with Crippen molar-refractivity contribution in [3.8, 4) is 0 Å². The summed E-state index contributed by atoms with van der Waals surface area (Å²) in [6, 6.07) is 9.73. The van der Waals surface area contributed by atoms with Crippen LogP contribution in [0.15, 0.2) is 51.8 Å². The van der Waals surface area contributed by atoms with Crippen LogP contribution in [0, 0.1) is 5.82 Å². The molecule has 128 valence electrons. The molecule has 1 unspecified atom stereocenters. The Bertz CT molecular complexity index is 887. The first-order valence-electron chi connectivity index (χ1n) is 6.96. The largest absolute Gasteiger partial charge is 0.335 e. The monoisotopic (exact) mass is 414 g/mol. The number of benzene rings is 2. The minimum absolute atomic E-state index is 0.0393. The van der Waals surface area contributed by atoms with Gasteiger partial charge in [0.2, 0.25) is 10.0 Å². The molecule has 2 aromatic carbocycles. The van der Waals surface area contributed by atoms with E-state index in [0.29, 0.717) is 10.0 Å². The molecule has 0 aliphatic rings. The fraction of sp³-hybridized carbons (Fsp3) is 0.188. The Morgan fingerprint density at radius 1 is 1.25 bits per heavy atom. The van der Waals surface area contributed by atoms with Gasteiger partial charge in [0.05, 0.1) is 16.5 Å². The predicted molar refractivity (Wildman–Crippen MR) is 92.4 cm³/mol. The lowest BCUT2D eigenvalue weighted by Crippen LogP contribution is -2.30. The molecule has 8 heteroatoms. The van der Waals surface area contributed by atoms with E-state index in [1.807, 2.05) is 0 Å². The Morgan fingerprint density at radius 2 is 1.92 bits per heavy atom. The average molecular weight is 415 g/mol. The van der Waals surface area contributed by atoms with Crippen LogP contribution in [0.5, 0.6) is 0 Å². The fourth-order valence-electron chi connectivity index (χ4n) is 2.20. The number of nitrogens with zero attached hydrogens (tertiary/aromatic N) is 1. The number of hydrogen-bond acceptors (Lipinski definition) is 3. The van der Waals surface area contributed by atoms with Crippen LogP contribution >= 0.6 is 15.9 Å². The molecule has 1 atom stereocenters. The number of sulfonamides is 1. The van der Waals surface area contributed by atoms with Crippen molar-refractivity contribution in [2.75, 3.05) is 7.05 Å². The van der Waals surface area contributed by atoms with Crippen molar-refractivity contribution in [3.05, 3.63) is 63.9 Å². The summed E-state index contributed by atoms with van der Waals surface area (Å²) in [6.45, 7) is 1.72. The van der Waals surface area contributed by atoms with Gasteiger partial charge in [-0.15, -0.1) is 0 Å². The van der Waals surface area contributed by atoms with Gasteiger partial charge in [0.25, 0.3) is 5.91 Å². The molecule has 0 heterocycles. The smallest absolute Gasteiger partial charge is 0.257 e. The summed E-state index contributed by atoms with van der Waals surface area (Å²) in [6.07, 6.45) is 0. The van der Waals surface area contributed by atoms with Gasteiger partial charge in [-0.3, -0.25) is 4.79 Å². The zero-order valence-electron chi connectivity index (χ0n) is 13.0. The van der Waals surface area contributed by atoms with Gasteiger partial charge in [0.15, 0.2) is 0 Å². The minimum Gasteiger partial charge on any atom is -0.335 e. The minimum atomic E-state index is -3.84. The third kappa shape index (κ3) is 4.00. The summed E-state index contributed by atoms with van der Waals surface area (Å²) in [5.41, 5.74) is 0.519. The van der Waals surface area contributed by atoms with Crippen molar-refractivity contribution in [2.45, 2.75) is 17.9 Å². The van der Waals surface area contributed by atoms with Gasteiger partial charge in [-0.05, 0) is 42.8 Å². The number of carbonyl (C=O) groups is 1. The topological polar surface area (TPSA) is 80.5 Å². The molecular formula is C16H16BrFN2O3S. The van der Waals surface area contributed by atoms with Crippen LogP contribution in [-0.4, -0.2) is 26.3 Å². The lowest BCUT2D eigenvalue weighted by Gasteiger charge is -2.26. The summed E-state index contributed by atoms with van der Waals surface area (Å²) < 4.78 is 37.4. The molecule has 0 saturated heterocycles. The van der Waals surface area contributed by atoms with E-state index in [0.717, 1.165) is 0 Å². The van der Waals surface area contributed by atoms with Crippen LogP contribution < -0.4 is 5.14 Å². The molecular weight excluding hydrogens is 399 g/mol. The van der Waals surface area contributed by atoms with Crippen LogP contribution in [0.4, 0.5) is 4.39 Å². The van der Waals surface area contributed by atoms with E-state index in [1.165, 1.54) is 36.2 Å². The van der Waals surface area contributed by atoms with Gasteiger partial charge in [0.1, 0.15) is 5.82 Å². The SMILES string of the molecule is CC(c1cccc(S(N)(=O)=O)c1)N(C)C(=O)c1ccc(Br)cc1F. The summed E-state index contributed by atoms with van der Waals surface area (Å²) in [5, 5.41) is 5.12. The third-order valence-corrected chi connectivity index (χ3v) is 5.14. The highest BCUT2D eigenvalue weighted by atomic mass is 79.9. The molecule has 0 aliphatic heterocycles. The summed E-state index contributed by atoms with van der Waals surface area (Å²) >= 11 is 3.14. The van der Waals surface area contributed by atoms with Crippen molar-refractivity contribution < 1.29 is 17.6 Å². The molecule has 0 spiro atoms. The quantitative estimate of drug-likeness (QED) is 0.834. The normalized spacial score (nSPS) is 12.7. The fourth-order valence-corrected chi connectivity index (χ4v) is 3.11. The Kier molecular flexibility index (Phi) is 5.42. The number of rotatable bonds is 4. The van der Waals surface area contributed by atoms with Crippen molar-refractivity contribution in [2.24, 2.45) is 5.14 Å². The van der Waals surface area contributed by atoms with E-state index in [4.69, 9.17) is 5.14 Å². The van der Waals surface area contributed by atoms with Gasteiger partial charge < -0.3 is 4.90 Å².